The predicted molar refractivity (Wildman–Crippen MR) is 60.1 cm³/mol. The lowest BCUT2D eigenvalue weighted by Gasteiger charge is -2.26. The molecule has 16 heavy (non-hydrogen) atoms. The molecule has 0 unspecified atom stereocenters. The Hall–Kier alpha value is -1.42. The summed E-state index contributed by atoms with van der Waals surface area (Å²) in [5, 5.41) is 0. The number of carbonyl (C=O) groups is 1. The van der Waals surface area contributed by atoms with Gasteiger partial charge in [0.25, 0.3) is 0 Å². The molecule has 0 aromatic carbocycles. The van der Waals surface area contributed by atoms with Gasteiger partial charge in [-0.15, -0.1) is 0 Å². The Morgan fingerprint density at radius 3 is 2.88 bits per heavy atom. The van der Waals surface area contributed by atoms with Crippen molar-refractivity contribution < 1.29 is 9.53 Å². The molecule has 2 heterocycles. The first kappa shape index (κ1) is 11.1. The van der Waals surface area contributed by atoms with Gasteiger partial charge in [0.1, 0.15) is 0 Å². The zero-order valence-electron chi connectivity index (χ0n) is 9.48. The predicted octanol–water partition coefficient (Wildman–Crippen LogP) is 0.791. The number of nitrogens with zero attached hydrogens (tertiary/aromatic N) is 2. The van der Waals surface area contributed by atoms with Gasteiger partial charge in [0, 0.05) is 25.5 Å². The van der Waals surface area contributed by atoms with Gasteiger partial charge in [-0.05, 0) is 18.1 Å². The molecule has 0 atom stereocenters. The molecule has 0 radical (unpaired) electrons. The molecule has 0 aliphatic carbocycles. The minimum Gasteiger partial charge on any atom is -0.378 e. The lowest BCUT2D eigenvalue weighted by Crippen LogP contribution is -2.41. The third-order valence-electron chi connectivity index (χ3n) is 2.65. The van der Waals surface area contributed by atoms with E-state index in [1.165, 1.54) is 0 Å². The van der Waals surface area contributed by atoms with E-state index in [0.29, 0.717) is 32.7 Å². The van der Waals surface area contributed by atoms with Gasteiger partial charge in [0.15, 0.2) is 0 Å². The fraction of sp³-hybridized carbons (Fsp3) is 0.500. The highest BCUT2D eigenvalue weighted by molar-refractivity contribution is 5.78. The molecule has 0 N–H and O–H groups in total. The average molecular weight is 220 g/mol. The third kappa shape index (κ3) is 2.79. The number of hydrogen-bond acceptors (Lipinski definition) is 3. The maximum Gasteiger partial charge on any atom is 0.227 e. The summed E-state index contributed by atoms with van der Waals surface area (Å²) in [5.41, 5.74) is 2.07. The molecule has 1 aliphatic heterocycles. The van der Waals surface area contributed by atoms with Gasteiger partial charge in [0.05, 0.1) is 19.6 Å². The van der Waals surface area contributed by atoms with E-state index in [9.17, 15) is 4.79 Å². The number of morpholine rings is 1. The van der Waals surface area contributed by atoms with Crippen LogP contribution in [0.5, 0.6) is 0 Å². The van der Waals surface area contributed by atoms with Crippen molar-refractivity contribution >= 4 is 5.91 Å². The van der Waals surface area contributed by atoms with Crippen LogP contribution in [0.15, 0.2) is 18.5 Å². The smallest absolute Gasteiger partial charge is 0.227 e. The monoisotopic (exact) mass is 220 g/mol. The second-order valence-corrected chi connectivity index (χ2v) is 4.04. The fourth-order valence-electron chi connectivity index (χ4n) is 1.81. The van der Waals surface area contributed by atoms with E-state index < -0.39 is 0 Å². The highest BCUT2D eigenvalue weighted by atomic mass is 16.5. The summed E-state index contributed by atoms with van der Waals surface area (Å²) < 4.78 is 5.21. The van der Waals surface area contributed by atoms with E-state index in [1.807, 2.05) is 17.9 Å². The van der Waals surface area contributed by atoms with Crippen LogP contribution in [0.4, 0.5) is 0 Å². The van der Waals surface area contributed by atoms with Crippen molar-refractivity contribution in [1.29, 1.82) is 0 Å². The SMILES string of the molecule is Cc1cncc(CC(=O)N2CCOCC2)c1. The number of aromatic nitrogens is 1. The fourth-order valence-corrected chi connectivity index (χ4v) is 1.81. The van der Waals surface area contributed by atoms with Gasteiger partial charge in [0.2, 0.25) is 5.91 Å². The van der Waals surface area contributed by atoms with Gasteiger partial charge in [-0.1, -0.05) is 6.07 Å². The Morgan fingerprint density at radius 1 is 1.44 bits per heavy atom. The lowest BCUT2D eigenvalue weighted by molar-refractivity contribution is -0.134. The molecule has 0 spiro atoms. The van der Waals surface area contributed by atoms with Crippen molar-refractivity contribution in [3.8, 4) is 0 Å². The normalized spacial score (nSPS) is 16.2. The van der Waals surface area contributed by atoms with Gasteiger partial charge in [-0.2, -0.15) is 0 Å². The van der Waals surface area contributed by atoms with Crippen molar-refractivity contribution in [3.05, 3.63) is 29.6 Å². The third-order valence-corrected chi connectivity index (χ3v) is 2.65. The van der Waals surface area contributed by atoms with Crippen LogP contribution in [0.25, 0.3) is 0 Å². The Labute approximate surface area is 95.2 Å². The molecule has 1 saturated heterocycles. The van der Waals surface area contributed by atoms with Crippen molar-refractivity contribution in [2.75, 3.05) is 26.3 Å². The van der Waals surface area contributed by atoms with E-state index in [2.05, 4.69) is 4.98 Å². The zero-order chi connectivity index (χ0) is 11.4. The van der Waals surface area contributed by atoms with E-state index >= 15 is 0 Å². The maximum atomic E-state index is 11.9. The average Bonchev–Trinajstić information content (AvgIpc) is 2.30. The summed E-state index contributed by atoms with van der Waals surface area (Å²) >= 11 is 0. The van der Waals surface area contributed by atoms with Crippen LogP contribution in [0.3, 0.4) is 0 Å². The molecular weight excluding hydrogens is 204 g/mol. The van der Waals surface area contributed by atoms with Gasteiger partial charge < -0.3 is 9.64 Å². The van der Waals surface area contributed by atoms with Crippen LogP contribution in [-0.4, -0.2) is 42.1 Å². The Kier molecular flexibility index (Phi) is 3.51. The second kappa shape index (κ2) is 5.07. The van der Waals surface area contributed by atoms with Crippen molar-refractivity contribution in [1.82, 2.24) is 9.88 Å². The maximum absolute atomic E-state index is 11.9. The number of carbonyl (C=O) groups excluding carboxylic acids is 1. The lowest BCUT2D eigenvalue weighted by atomic mass is 10.1. The first-order chi connectivity index (χ1) is 7.75. The van der Waals surface area contributed by atoms with Crippen molar-refractivity contribution in [2.45, 2.75) is 13.3 Å². The van der Waals surface area contributed by atoms with Gasteiger partial charge in [-0.3, -0.25) is 9.78 Å². The molecule has 86 valence electrons. The molecule has 1 fully saturated rings. The molecule has 0 bridgehead atoms. The van der Waals surface area contributed by atoms with Gasteiger partial charge >= 0.3 is 0 Å². The molecule has 1 amide bonds. The summed E-state index contributed by atoms with van der Waals surface area (Å²) in [6.07, 6.45) is 3.99. The zero-order valence-corrected chi connectivity index (χ0v) is 9.48. The number of hydrogen-bond donors (Lipinski definition) is 0. The molecule has 1 aliphatic rings. The summed E-state index contributed by atoms with van der Waals surface area (Å²) in [4.78, 5) is 17.9. The Balaban J connectivity index is 1.96. The van der Waals surface area contributed by atoms with Crippen molar-refractivity contribution in [3.63, 3.8) is 0 Å². The van der Waals surface area contributed by atoms with Crippen molar-refractivity contribution in [2.24, 2.45) is 0 Å². The highest BCUT2D eigenvalue weighted by Crippen LogP contribution is 2.06. The van der Waals surface area contributed by atoms with Crippen LogP contribution in [0, 0.1) is 6.92 Å². The molecule has 1 aromatic rings. The van der Waals surface area contributed by atoms with Crippen LogP contribution < -0.4 is 0 Å². The van der Waals surface area contributed by atoms with Crippen LogP contribution >= 0.6 is 0 Å². The van der Waals surface area contributed by atoms with E-state index in [-0.39, 0.29) is 5.91 Å². The first-order valence-electron chi connectivity index (χ1n) is 5.52. The second-order valence-electron chi connectivity index (χ2n) is 4.04. The number of amides is 1. The Bertz CT molecular complexity index is 373. The molecular formula is C12H16N2O2. The Morgan fingerprint density at radius 2 is 2.19 bits per heavy atom. The number of rotatable bonds is 2. The number of ether oxygens (including phenoxy) is 1. The standard InChI is InChI=1S/C12H16N2O2/c1-10-6-11(9-13-8-10)7-12(15)14-2-4-16-5-3-14/h6,8-9H,2-5,7H2,1H3. The quantitative estimate of drug-likeness (QED) is 0.740. The molecule has 1 aromatic heterocycles. The van der Waals surface area contributed by atoms with Crippen LogP contribution in [0.1, 0.15) is 11.1 Å². The number of pyridine rings is 1. The summed E-state index contributed by atoms with van der Waals surface area (Å²) in [6.45, 7) is 4.70. The molecule has 4 heteroatoms. The van der Waals surface area contributed by atoms with E-state index in [1.54, 1.807) is 12.4 Å². The molecule has 2 rings (SSSR count). The summed E-state index contributed by atoms with van der Waals surface area (Å²) in [6, 6.07) is 2.01. The topological polar surface area (TPSA) is 42.4 Å². The first-order valence-corrected chi connectivity index (χ1v) is 5.52. The number of aryl methyl sites for hydroxylation is 1. The largest absolute Gasteiger partial charge is 0.378 e. The molecule has 0 saturated carbocycles. The van der Waals surface area contributed by atoms with Gasteiger partial charge in [-0.25, -0.2) is 0 Å². The molecule has 4 nitrogen and oxygen atoms in total. The highest BCUT2D eigenvalue weighted by Gasteiger charge is 2.16. The minimum atomic E-state index is 0.163. The van der Waals surface area contributed by atoms with E-state index in [4.69, 9.17) is 4.74 Å². The summed E-state index contributed by atoms with van der Waals surface area (Å²) in [5.74, 6) is 0.163. The van der Waals surface area contributed by atoms with Crippen LogP contribution in [0.2, 0.25) is 0 Å². The van der Waals surface area contributed by atoms with E-state index in [0.717, 1.165) is 11.1 Å². The minimum absolute atomic E-state index is 0.163. The van der Waals surface area contributed by atoms with Crippen LogP contribution in [-0.2, 0) is 16.0 Å². The summed E-state index contributed by atoms with van der Waals surface area (Å²) in [7, 11) is 0.